The summed E-state index contributed by atoms with van der Waals surface area (Å²) in [7, 11) is 1.30. The van der Waals surface area contributed by atoms with E-state index in [0.29, 0.717) is 0 Å². The van der Waals surface area contributed by atoms with E-state index >= 15 is 0 Å². The first-order chi connectivity index (χ1) is 10.0. The number of nitrogens with one attached hydrogen (secondary N) is 1. The van der Waals surface area contributed by atoms with Crippen molar-refractivity contribution in [2.24, 2.45) is 0 Å². The van der Waals surface area contributed by atoms with Crippen LogP contribution in [0, 0.1) is 27.3 Å². The lowest BCUT2D eigenvalue weighted by Gasteiger charge is -2.10. The number of aromatic nitrogens is 2. The highest BCUT2D eigenvalue weighted by Crippen LogP contribution is 2.32. The maximum Gasteiger partial charge on any atom is 0.307 e. The zero-order chi connectivity index (χ0) is 15.4. The molecule has 9 heteroatoms. The van der Waals surface area contributed by atoms with Gasteiger partial charge in [-0.3, -0.25) is 10.1 Å². The van der Waals surface area contributed by atoms with Gasteiger partial charge in [0.25, 0.3) is 0 Å². The van der Waals surface area contributed by atoms with Crippen molar-refractivity contribution in [3.05, 3.63) is 46.0 Å². The number of hydrogen-bond donors (Lipinski definition) is 1. The van der Waals surface area contributed by atoms with E-state index < -0.39 is 16.4 Å². The van der Waals surface area contributed by atoms with Gasteiger partial charge in [0.2, 0.25) is 11.8 Å². The number of benzene rings is 1. The van der Waals surface area contributed by atoms with Crippen molar-refractivity contribution in [3.8, 4) is 11.8 Å². The second-order valence-electron chi connectivity index (χ2n) is 3.79. The third kappa shape index (κ3) is 3.01. The van der Waals surface area contributed by atoms with Gasteiger partial charge in [0.05, 0.1) is 35.7 Å². The largest absolute Gasteiger partial charge is 0.494 e. The van der Waals surface area contributed by atoms with E-state index in [1.807, 2.05) is 6.07 Å². The smallest absolute Gasteiger partial charge is 0.307 e. The molecule has 0 aliphatic rings. The molecule has 1 aromatic heterocycles. The SMILES string of the molecule is COc1cc(F)c([N+](=O)[O-])cc1Nc1ncc(C#N)cn1. The zero-order valence-corrected chi connectivity index (χ0v) is 10.7. The fourth-order valence-corrected chi connectivity index (χ4v) is 1.52. The molecule has 0 aliphatic heterocycles. The van der Waals surface area contributed by atoms with Crippen LogP contribution >= 0.6 is 0 Å². The van der Waals surface area contributed by atoms with Crippen molar-refractivity contribution in [2.75, 3.05) is 12.4 Å². The predicted octanol–water partition coefficient (Wildman–Crippen LogP) is 2.15. The van der Waals surface area contributed by atoms with E-state index in [-0.39, 0.29) is 22.9 Å². The summed E-state index contributed by atoms with van der Waals surface area (Å²) in [5, 5.41) is 22.1. The van der Waals surface area contributed by atoms with Gasteiger partial charge < -0.3 is 10.1 Å². The molecule has 1 aromatic carbocycles. The molecule has 0 unspecified atom stereocenters. The predicted molar refractivity (Wildman–Crippen MR) is 69.6 cm³/mol. The number of anilines is 2. The molecule has 0 aliphatic carbocycles. The summed E-state index contributed by atoms with van der Waals surface area (Å²) in [6, 6.07) is 3.73. The molecule has 0 atom stereocenters. The Hall–Kier alpha value is -3.28. The molecule has 21 heavy (non-hydrogen) atoms. The fraction of sp³-hybridized carbons (Fsp3) is 0.0833. The lowest BCUT2D eigenvalue weighted by atomic mass is 10.2. The first-order valence-corrected chi connectivity index (χ1v) is 5.56. The average Bonchev–Trinajstić information content (AvgIpc) is 2.49. The van der Waals surface area contributed by atoms with Gasteiger partial charge in [-0.1, -0.05) is 0 Å². The Kier molecular flexibility index (Phi) is 3.90. The van der Waals surface area contributed by atoms with Crippen molar-refractivity contribution in [2.45, 2.75) is 0 Å². The highest BCUT2D eigenvalue weighted by Gasteiger charge is 2.19. The molecule has 0 saturated carbocycles. The van der Waals surface area contributed by atoms with Gasteiger partial charge in [0, 0.05) is 12.1 Å². The van der Waals surface area contributed by atoms with Gasteiger partial charge in [-0.05, 0) is 0 Å². The van der Waals surface area contributed by atoms with E-state index in [4.69, 9.17) is 10.00 Å². The van der Waals surface area contributed by atoms with Crippen LogP contribution in [-0.4, -0.2) is 22.0 Å². The number of methoxy groups -OCH3 is 1. The van der Waals surface area contributed by atoms with Crippen LogP contribution in [0.15, 0.2) is 24.5 Å². The number of hydrogen-bond acceptors (Lipinski definition) is 7. The van der Waals surface area contributed by atoms with E-state index in [1.54, 1.807) is 0 Å². The van der Waals surface area contributed by atoms with E-state index in [2.05, 4.69) is 15.3 Å². The first-order valence-electron chi connectivity index (χ1n) is 5.56. The van der Waals surface area contributed by atoms with Crippen molar-refractivity contribution in [1.82, 2.24) is 9.97 Å². The Bertz CT molecular complexity index is 727. The monoisotopic (exact) mass is 289 g/mol. The maximum absolute atomic E-state index is 13.5. The Labute approximate surface area is 118 Å². The van der Waals surface area contributed by atoms with Crippen LogP contribution in [0.25, 0.3) is 0 Å². The fourth-order valence-electron chi connectivity index (χ4n) is 1.52. The Morgan fingerprint density at radius 1 is 1.43 bits per heavy atom. The molecule has 106 valence electrons. The molecule has 0 bridgehead atoms. The van der Waals surface area contributed by atoms with E-state index in [1.165, 1.54) is 19.5 Å². The van der Waals surface area contributed by atoms with Crippen LogP contribution in [0.3, 0.4) is 0 Å². The van der Waals surface area contributed by atoms with Crippen LogP contribution in [0.1, 0.15) is 5.56 Å². The summed E-state index contributed by atoms with van der Waals surface area (Å²) < 4.78 is 18.4. The van der Waals surface area contributed by atoms with Crippen LogP contribution in [0.5, 0.6) is 5.75 Å². The van der Waals surface area contributed by atoms with Crippen LogP contribution in [-0.2, 0) is 0 Å². The number of rotatable bonds is 4. The minimum Gasteiger partial charge on any atom is -0.494 e. The number of nitro groups is 1. The van der Waals surface area contributed by atoms with E-state index in [9.17, 15) is 14.5 Å². The minimum absolute atomic E-state index is 0.0612. The molecule has 8 nitrogen and oxygen atoms in total. The standard InChI is InChI=1S/C12H8FN5O3/c1-21-11-2-8(13)10(18(19)20)3-9(11)17-12-15-5-7(4-14)6-16-12/h2-3,5-6H,1H3,(H,15,16,17). The Morgan fingerprint density at radius 2 is 2.10 bits per heavy atom. The van der Waals surface area contributed by atoms with Gasteiger partial charge in [-0.25, -0.2) is 9.97 Å². The molecule has 0 fully saturated rings. The molecule has 1 N–H and O–H groups in total. The average molecular weight is 289 g/mol. The first kappa shape index (κ1) is 14.1. The number of nitriles is 1. The maximum atomic E-state index is 13.5. The van der Waals surface area contributed by atoms with Gasteiger partial charge in [0.15, 0.2) is 0 Å². The number of nitrogens with zero attached hydrogens (tertiary/aromatic N) is 4. The molecular formula is C12H8FN5O3. The van der Waals surface area contributed by atoms with Gasteiger partial charge in [0.1, 0.15) is 11.8 Å². The highest BCUT2D eigenvalue weighted by atomic mass is 19.1. The number of nitro benzene ring substituents is 1. The summed E-state index contributed by atoms with van der Waals surface area (Å²) in [5.74, 6) is -0.859. The van der Waals surface area contributed by atoms with Crippen molar-refractivity contribution in [1.29, 1.82) is 5.26 Å². The molecule has 0 radical (unpaired) electrons. The summed E-state index contributed by atoms with van der Waals surface area (Å²) in [4.78, 5) is 17.6. The van der Waals surface area contributed by atoms with Gasteiger partial charge >= 0.3 is 5.69 Å². The van der Waals surface area contributed by atoms with Crippen molar-refractivity contribution < 1.29 is 14.1 Å². The minimum atomic E-state index is -1.01. The quantitative estimate of drug-likeness (QED) is 0.677. The molecule has 2 aromatic rings. The molecule has 0 spiro atoms. The second kappa shape index (κ2) is 5.79. The van der Waals surface area contributed by atoms with Crippen molar-refractivity contribution in [3.63, 3.8) is 0 Å². The molecule has 0 amide bonds. The van der Waals surface area contributed by atoms with Gasteiger partial charge in [-0.2, -0.15) is 9.65 Å². The summed E-state index contributed by atoms with van der Waals surface area (Å²) in [6.07, 6.45) is 2.56. The van der Waals surface area contributed by atoms with E-state index in [0.717, 1.165) is 12.1 Å². The molecule has 2 rings (SSSR count). The summed E-state index contributed by atoms with van der Waals surface area (Å²) >= 11 is 0. The number of ether oxygens (including phenoxy) is 1. The second-order valence-corrected chi connectivity index (χ2v) is 3.79. The molecular weight excluding hydrogens is 281 g/mol. The molecule has 0 saturated heterocycles. The van der Waals surface area contributed by atoms with Crippen LogP contribution in [0.2, 0.25) is 0 Å². The van der Waals surface area contributed by atoms with Crippen LogP contribution in [0.4, 0.5) is 21.7 Å². The van der Waals surface area contributed by atoms with Crippen LogP contribution < -0.4 is 10.1 Å². The topological polar surface area (TPSA) is 114 Å². The Balaban J connectivity index is 2.39. The lowest BCUT2D eigenvalue weighted by Crippen LogP contribution is -2.02. The number of halogens is 1. The summed E-state index contributed by atoms with van der Waals surface area (Å²) in [6.45, 7) is 0. The summed E-state index contributed by atoms with van der Waals surface area (Å²) in [5.41, 5.74) is -0.306. The normalized spacial score (nSPS) is 9.76. The zero-order valence-electron chi connectivity index (χ0n) is 10.7. The third-order valence-electron chi connectivity index (χ3n) is 2.49. The van der Waals surface area contributed by atoms with Crippen molar-refractivity contribution >= 4 is 17.3 Å². The lowest BCUT2D eigenvalue weighted by molar-refractivity contribution is -0.387. The van der Waals surface area contributed by atoms with Gasteiger partial charge in [-0.15, -0.1) is 0 Å². The third-order valence-corrected chi connectivity index (χ3v) is 2.49. The molecule has 1 heterocycles. The Morgan fingerprint density at radius 3 is 2.62 bits per heavy atom. The highest BCUT2D eigenvalue weighted by molar-refractivity contribution is 5.66.